The van der Waals surface area contributed by atoms with Gasteiger partial charge in [0.15, 0.2) is 5.79 Å². The number of aliphatic hydroxyl groups is 4. The molecule has 2 saturated heterocycles. The number of nitrogens with one attached hydrogen (secondary N) is 1. The zero-order valence-corrected chi connectivity index (χ0v) is 27.1. The fourth-order valence-corrected chi connectivity index (χ4v) is 5.19. The Kier molecular flexibility index (Phi) is 14.8. The Morgan fingerprint density at radius 2 is 1.69 bits per heavy atom. The Bertz CT molecular complexity index is 1200. The molecule has 9 atom stereocenters. The third-order valence-electron chi connectivity index (χ3n) is 8.57. The van der Waals surface area contributed by atoms with Gasteiger partial charge in [0, 0.05) is 36.8 Å². The van der Waals surface area contributed by atoms with E-state index >= 15 is 0 Å². The van der Waals surface area contributed by atoms with Crippen LogP contribution in [0.4, 0.5) is 0 Å². The fourth-order valence-electron chi connectivity index (χ4n) is 5.19. The second kappa shape index (κ2) is 17.5. The predicted molar refractivity (Wildman–Crippen MR) is 173 cm³/mol. The highest BCUT2D eigenvalue weighted by atomic mass is 16.6. The topological polar surface area (TPSA) is 166 Å². The fraction of sp³-hybridized carbons (Fsp3) is 0.543. The van der Waals surface area contributed by atoms with Crippen LogP contribution >= 0.6 is 0 Å². The minimum atomic E-state index is -1.84. The number of ether oxygens (including phenoxy) is 2. The van der Waals surface area contributed by atoms with E-state index in [9.17, 15) is 30.0 Å². The number of allylic oxidation sites excluding steroid dienone is 9. The lowest BCUT2D eigenvalue weighted by Crippen LogP contribution is -2.60. The van der Waals surface area contributed by atoms with E-state index in [4.69, 9.17) is 14.6 Å². The lowest BCUT2D eigenvalue weighted by molar-refractivity contribution is -0.312. The molecule has 0 bridgehead atoms. The molecular weight excluding hydrogens is 578 g/mol. The van der Waals surface area contributed by atoms with Crippen molar-refractivity contribution in [1.29, 1.82) is 0 Å². The number of rotatable bonds is 14. The molecule has 2 aliphatic rings. The number of carboxylic acid groups (broad SMARTS) is 1. The molecule has 250 valence electrons. The average Bonchev–Trinajstić information content (AvgIpc) is 3.35. The Labute approximate surface area is 266 Å². The van der Waals surface area contributed by atoms with E-state index in [1.807, 2.05) is 39.8 Å². The van der Waals surface area contributed by atoms with Crippen LogP contribution in [0.2, 0.25) is 0 Å². The SMILES string of the molecule is C/C=C\C=C\[C@@H]1O[C@](O)([C@@H](C)C(=O)NC/C=C/C=C(\C)C(O)C(C)C2CC(O)C(/C=C/C=C/C=C/C(=O)O)O2)C[C@H](O)C1(C)C. The van der Waals surface area contributed by atoms with E-state index in [1.165, 1.54) is 6.08 Å². The van der Waals surface area contributed by atoms with E-state index in [1.54, 1.807) is 68.5 Å². The van der Waals surface area contributed by atoms with Gasteiger partial charge >= 0.3 is 5.97 Å². The van der Waals surface area contributed by atoms with Gasteiger partial charge in [0.05, 0.1) is 36.4 Å². The summed E-state index contributed by atoms with van der Waals surface area (Å²) < 4.78 is 12.0. The Morgan fingerprint density at radius 1 is 1.02 bits per heavy atom. The maximum absolute atomic E-state index is 12.9. The van der Waals surface area contributed by atoms with Crippen LogP contribution in [0.5, 0.6) is 0 Å². The van der Waals surface area contributed by atoms with Crippen molar-refractivity contribution in [3.8, 4) is 0 Å². The number of hydrogen-bond acceptors (Lipinski definition) is 8. The second-order valence-corrected chi connectivity index (χ2v) is 12.4. The monoisotopic (exact) mass is 629 g/mol. The molecule has 45 heavy (non-hydrogen) atoms. The van der Waals surface area contributed by atoms with E-state index in [0.29, 0.717) is 12.0 Å². The Balaban J connectivity index is 1.89. The normalized spacial score (nSPS) is 31.6. The van der Waals surface area contributed by atoms with Crippen LogP contribution in [0.1, 0.15) is 54.4 Å². The number of amides is 1. The van der Waals surface area contributed by atoms with Gasteiger partial charge in [0.1, 0.15) is 6.10 Å². The van der Waals surface area contributed by atoms with Crippen molar-refractivity contribution >= 4 is 11.9 Å². The number of aliphatic hydroxyl groups excluding tert-OH is 3. The summed E-state index contributed by atoms with van der Waals surface area (Å²) in [5.41, 5.74) is 0.0289. The van der Waals surface area contributed by atoms with Crippen molar-refractivity contribution in [3.63, 3.8) is 0 Å². The van der Waals surface area contributed by atoms with Crippen molar-refractivity contribution in [3.05, 3.63) is 84.6 Å². The van der Waals surface area contributed by atoms with Crippen molar-refractivity contribution < 1.29 is 44.6 Å². The summed E-state index contributed by atoms with van der Waals surface area (Å²) in [5.74, 6) is -4.55. The first-order valence-corrected chi connectivity index (χ1v) is 15.4. The van der Waals surface area contributed by atoms with E-state index in [0.717, 1.165) is 6.08 Å². The molecule has 10 nitrogen and oxygen atoms in total. The van der Waals surface area contributed by atoms with Crippen molar-refractivity contribution in [2.75, 3.05) is 6.54 Å². The van der Waals surface area contributed by atoms with Crippen LogP contribution in [-0.2, 0) is 19.1 Å². The van der Waals surface area contributed by atoms with Gasteiger partial charge in [0.2, 0.25) is 5.91 Å². The first-order valence-electron chi connectivity index (χ1n) is 15.4. The molecule has 2 fully saturated rings. The number of carboxylic acids is 1. The highest BCUT2D eigenvalue weighted by Gasteiger charge is 2.53. The molecular formula is C35H51NO9. The van der Waals surface area contributed by atoms with Gasteiger partial charge in [-0.05, 0) is 26.3 Å². The van der Waals surface area contributed by atoms with Crippen molar-refractivity contribution in [2.45, 2.75) is 96.8 Å². The molecule has 0 radical (unpaired) electrons. The zero-order valence-electron chi connectivity index (χ0n) is 27.1. The van der Waals surface area contributed by atoms with Crippen LogP contribution < -0.4 is 5.32 Å². The number of carbonyl (C=O) groups excluding carboxylic acids is 1. The van der Waals surface area contributed by atoms with Gasteiger partial charge in [-0.2, -0.15) is 0 Å². The minimum absolute atomic E-state index is 0.0988. The molecule has 0 aromatic heterocycles. The van der Waals surface area contributed by atoms with Gasteiger partial charge < -0.3 is 40.3 Å². The minimum Gasteiger partial charge on any atom is -0.478 e. The zero-order chi connectivity index (χ0) is 33.8. The van der Waals surface area contributed by atoms with Crippen LogP contribution in [0.3, 0.4) is 0 Å². The molecule has 0 spiro atoms. The van der Waals surface area contributed by atoms with E-state index in [-0.39, 0.29) is 25.0 Å². The molecule has 6 N–H and O–H groups in total. The van der Waals surface area contributed by atoms with Gasteiger partial charge in [-0.25, -0.2) is 4.79 Å². The molecule has 2 heterocycles. The van der Waals surface area contributed by atoms with E-state index in [2.05, 4.69) is 5.32 Å². The molecule has 5 unspecified atom stereocenters. The van der Waals surface area contributed by atoms with Crippen LogP contribution in [0.15, 0.2) is 84.6 Å². The molecule has 0 saturated carbocycles. The second-order valence-electron chi connectivity index (χ2n) is 12.4. The van der Waals surface area contributed by atoms with Gasteiger partial charge in [-0.15, -0.1) is 0 Å². The van der Waals surface area contributed by atoms with E-state index < -0.39 is 59.5 Å². The molecule has 2 aliphatic heterocycles. The average molecular weight is 630 g/mol. The van der Waals surface area contributed by atoms with Crippen LogP contribution in [0, 0.1) is 17.3 Å². The van der Waals surface area contributed by atoms with Crippen LogP contribution in [0.25, 0.3) is 0 Å². The lowest BCUT2D eigenvalue weighted by Gasteiger charge is -2.50. The molecule has 0 aliphatic carbocycles. The van der Waals surface area contributed by atoms with Gasteiger partial charge in [-0.3, -0.25) is 4.79 Å². The van der Waals surface area contributed by atoms with Crippen molar-refractivity contribution in [2.24, 2.45) is 17.3 Å². The van der Waals surface area contributed by atoms with Gasteiger partial charge in [0.25, 0.3) is 0 Å². The summed E-state index contributed by atoms with van der Waals surface area (Å²) in [5, 5.41) is 54.7. The molecule has 2 rings (SSSR count). The Hall–Kier alpha value is -3.12. The summed E-state index contributed by atoms with van der Waals surface area (Å²) in [6.45, 7) is 11.0. The third-order valence-corrected chi connectivity index (χ3v) is 8.57. The van der Waals surface area contributed by atoms with Gasteiger partial charge in [-0.1, -0.05) is 93.7 Å². The molecule has 1 amide bonds. The smallest absolute Gasteiger partial charge is 0.328 e. The van der Waals surface area contributed by atoms with Crippen molar-refractivity contribution in [1.82, 2.24) is 5.32 Å². The molecule has 0 aromatic rings. The maximum atomic E-state index is 12.9. The standard InChI is InChI=1S/C35H51NO9/c1-7-8-11-18-30-34(5,6)29(38)22-35(43,45-30)25(4)33(42)36-20-15-14-16-23(2)32(41)24(3)28-21-26(37)27(44-28)17-12-9-10-13-19-31(39)40/h7-19,24-30,32,37-38,41,43H,20-22H2,1-6H3,(H,36,42)(H,39,40)/b8-7-,10-9+,15-14+,17-12+,18-11+,19-13+,23-16+/t24?,25-,26?,27?,28?,29-,30-,32?,35-/m0/s1. The summed E-state index contributed by atoms with van der Waals surface area (Å²) in [4.78, 5) is 23.4. The number of aliphatic carboxylic acids is 1. The number of hydrogen-bond donors (Lipinski definition) is 6. The summed E-state index contributed by atoms with van der Waals surface area (Å²) >= 11 is 0. The quantitative estimate of drug-likeness (QED) is 0.125. The largest absolute Gasteiger partial charge is 0.478 e. The first-order chi connectivity index (χ1) is 21.1. The first kappa shape index (κ1) is 38.1. The highest BCUT2D eigenvalue weighted by molar-refractivity contribution is 5.80. The van der Waals surface area contributed by atoms with Crippen LogP contribution in [-0.4, -0.2) is 86.4 Å². The Morgan fingerprint density at radius 3 is 2.36 bits per heavy atom. The summed E-state index contributed by atoms with van der Waals surface area (Å²) in [6.07, 6.45) is 17.7. The summed E-state index contributed by atoms with van der Waals surface area (Å²) in [7, 11) is 0. The summed E-state index contributed by atoms with van der Waals surface area (Å²) in [6, 6.07) is 0. The third kappa shape index (κ3) is 11.0. The predicted octanol–water partition coefficient (Wildman–Crippen LogP) is 3.51. The molecule has 0 aromatic carbocycles. The molecule has 10 heteroatoms. The lowest BCUT2D eigenvalue weighted by atomic mass is 9.73. The highest BCUT2D eigenvalue weighted by Crippen LogP contribution is 2.43. The maximum Gasteiger partial charge on any atom is 0.328 e. The number of carbonyl (C=O) groups is 2.